The van der Waals surface area contributed by atoms with Crippen LogP contribution in [0.15, 0.2) is 35.1 Å². The summed E-state index contributed by atoms with van der Waals surface area (Å²) in [6.45, 7) is 0. The van der Waals surface area contributed by atoms with E-state index >= 15 is 0 Å². The second kappa shape index (κ2) is 5.59. The topological polar surface area (TPSA) is 92.7 Å². The van der Waals surface area contributed by atoms with Crippen LogP contribution in [-0.2, 0) is 19.9 Å². The summed E-state index contributed by atoms with van der Waals surface area (Å²) in [5.41, 5.74) is 2.95. The van der Waals surface area contributed by atoms with Gasteiger partial charge in [-0.2, -0.15) is 10.2 Å². The Morgan fingerprint density at radius 3 is 3.08 bits per heavy atom. The van der Waals surface area contributed by atoms with Gasteiger partial charge in [-0.15, -0.1) is 0 Å². The summed E-state index contributed by atoms with van der Waals surface area (Å²) in [6, 6.07) is 9.21. The van der Waals surface area contributed by atoms with Gasteiger partial charge in [-0.1, -0.05) is 18.2 Å². The first-order valence-corrected chi connectivity index (χ1v) is 7.92. The monoisotopic (exact) mass is 323 g/mol. The Morgan fingerprint density at radius 1 is 1.38 bits per heavy atom. The number of rotatable bonds is 2. The average Bonchev–Trinajstić information content (AvgIpc) is 2.92. The van der Waals surface area contributed by atoms with Crippen LogP contribution in [0.25, 0.3) is 10.9 Å². The van der Waals surface area contributed by atoms with E-state index < -0.39 is 0 Å². The van der Waals surface area contributed by atoms with Gasteiger partial charge >= 0.3 is 0 Å². The van der Waals surface area contributed by atoms with Crippen LogP contribution in [0.2, 0.25) is 0 Å². The highest BCUT2D eigenvalue weighted by atomic mass is 16.2. The van der Waals surface area contributed by atoms with Crippen LogP contribution in [0, 0.1) is 0 Å². The van der Waals surface area contributed by atoms with Crippen molar-refractivity contribution in [1.29, 1.82) is 0 Å². The molecule has 3 aromatic rings. The summed E-state index contributed by atoms with van der Waals surface area (Å²) in [5, 5.41) is 14.8. The minimum atomic E-state index is -0.212. The summed E-state index contributed by atoms with van der Waals surface area (Å²) in [5.74, 6) is -0.182. The first kappa shape index (κ1) is 14.6. The number of carbonyl (C=O) groups is 1. The van der Waals surface area contributed by atoms with Gasteiger partial charge < -0.3 is 5.32 Å². The molecule has 1 aliphatic carbocycles. The number of hydrogen-bond donors (Lipinski definition) is 2. The largest absolute Gasteiger partial charge is 0.348 e. The van der Waals surface area contributed by atoms with E-state index in [1.54, 1.807) is 10.7 Å². The number of fused-ring (bicyclic) bond motifs is 2. The predicted octanol–water partition coefficient (Wildman–Crippen LogP) is 0.944. The molecule has 24 heavy (non-hydrogen) atoms. The van der Waals surface area contributed by atoms with Crippen molar-refractivity contribution in [3.8, 4) is 0 Å². The van der Waals surface area contributed by atoms with Gasteiger partial charge in [0.05, 0.1) is 11.2 Å². The maximum Gasteiger partial charge on any atom is 0.272 e. The zero-order valence-corrected chi connectivity index (χ0v) is 13.2. The lowest BCUT2D eigenvalue weighted by molar-refractivity contribution is 0.0929. The fraction of sp³-hybridized carbons (Fsp3) is 0.294. The standard InChI is InChI=1S/C17H17N5O2/c1-22-14-5-3-2-4-12(14)16(21-22)17(24)18-11-6-7-13-10(8-11)9-15(23)20-19-13/h2-5,9,11H,6-8H2,1H3,(H,18,24)(H,20,23). The van der Waals surface area contributed by atoms with Crippen LogP contribution >= 0.6 is 0 Å². The molecule has 2 N–H and O–H groups in total. The molecule has 1 amide bonds. The third-order valence-corrected chi connectivity index (χ3v) is 4.48. The number of H-pyrrole nitrogens is 1. The van der Waals surface area contributed by atoms with Crippen LogP contribution in [-0.4, -0.2) is 31.9 Å². The molecule has 2 heterocycles. The molecule has 1 unspecified atom stereocenters. The van der Waals surface area contributed by atoms with E-state index in [-0.39, 0.29) is 17.5 Å². The molecule has 2 aromatic heterocycles. The predicted molar refractivity (Wildman–Crippen MR) is 88.9 cm³/mol. The highest BCUT2D eigenvalue weighted by Crippen LogP contribution is 2.20. The van der Waals surface area contributed by atoms with Crippen LogP contribution in [0.3, 0.4) is 0 Å². The Hall–Kier alpha value is -2.96. The molecule has 0 saturated heterocycles. The van der Waals surface area contributed by atoms with Gasteiger partial charge in [-0.25, -0.2) is 5.10 Å². The number of nitrogens with zero attached hydrogens (tertiary/aromatic N) is 3. The number of aromatic nitrogens is 4. The summed E-state index contributed by atoms with van der Waals surface area (Å²) >= 11 is 0. The number of amides is 1. The van der Waals surface area contributed by atoms with E-state index in [9.17, 15) is 9.59 Å². The SMILES string of the molecule is Cn1nc(C(=O)NC2CCc3n[nH]c(=O)cc3C2)c2ccccc21. The molecule has 0 aliphatic heterocycles. The van der Waals surface area contributed by atoms with Crippen LogP contribution < -0.4 is 10.9 Å². The Morgan fingerprint density at radius 2 is 2.21 bits per heavy atom. The van der Waals surface area contributed by atoms with Gasteiger partial charge in [0.15, 0.2) is 5.69 Å². The highest BCUT2D eigenvalue weighted by Gasteiger charge is 2.24. The smallest absolute Gasteiger partial charge is 0.272 e. The van der Waals surface area contributed by atoms with Crippen LogP contribution in [0.4, 0.5) is 0 Å². The Kier molecular flexibility index (Phi) is 3.41. The molecular formula is C17H17N5O2. The van der Waals surface area contributed by atoms with E-state index in [1.165, 1.54) is 0 Å². The molecule has 122 valence electrons. The molecule has 1 atom stereocenters. The molecule has 1 aromatic carbocycles. The van der Waals surface area contributed by atoms with Crippen LogP contribution in [0.1, 0.15) is 28.2 Å². The normalized spacial score (nSPS) is 16.8. The summed E-state index contributed by atoms with van der Waals surface area (Å²) in [7, 11) is 1.83. The molecule has 0 radical (unpaired) electrons. The maximum absolute atomic E-state index is 12.6. The number of para-hydroxylation sites is 1. The Labute approximate surface area is 137 Å². The fourth-order valence-electron chi connectivity index (χ4n) is 3.30. The van der Waals surface area contributed by atoms with E-state index in [4.69, 9.17) is 0 Å². The van der Waals surface area contributed by atoms with Gasteiger partial charge in [0.1, 0.15) is 0 Å². The average molecular weight is 323 g/mol. The minimum Gasteiger partial charge on any atom is -0.348 e. The number of nitrogens with one attached hydrogen (secondary N) is 2. The number of aromatic amines is 1. The second-order valence-electron chi connectivity index (χ2n) is 6.11. The molecule has 7 nitrogen and oxygen atoms in total. The van der Waals surface area contributed by atoms with Crippen molar-refractivity contribution in [1.82, 2.24) is 25.3 Å². The second-order valence-corrected chi connectivity index (χ2v) is 6.11. The van der Waals surface area contributed by atoms with Gasteiger partial charge in [0.2, 0.25) is 0 Å². The highest BCUT2D eigenvalue weighted by molar-refractivity contribution is 6.04. The number of aryl methyl sites for hydroxylation is 2. The van der Waals surface area contributed by atoms with Gasteiger partial charge in [-0.05, 0) is 30.9 Å². The quantitative estimate of drug-likeness (QED) is 0.734. The van der Waals surface area contributed by atoms with Gasteiger partial charge in [0.25, 0.3) is 11.5 Å². The van der Waals surface area contributed by atoms with E-state index in [1.807, 2.05) is 31.3 Å². The summed E-state index contributed by atoms with van der Waals surface area (Å²) in [6.07, 6.45) is 2.14. The van der Waals surface area contributed by atoms with E-state index in [0.29, 0.717) is 12.1 Å². The lowest BCUT2D eigenvalue weighted by atomic mass is 9.92. The van der Waals surface area contributed by atoms with Crippen molar-refractivity contribution < 1.29 is 4.79 Å². The molecule has 4 rings (SSSR count). The van der Waals surface area contributed by atoms with Crippen molar-refractivity contribution in [2.45, 2.75) is 25.3 Å². The van der Waals surface area contributed by atoms with E-state index in [0.717, 1.165) is 35.0 Å². The van der Waals surface area contributed by atoms with Gasteiger partial charge in [-0.3, -0.25) is 14.3 Å². The zero-order chi connectivity index (χ0) is 16.7. The lowest BCUT2D eigenvalue weighted by Gasteiger charge is -2.23. The van der Waals surface area contributed by atoms with Crippen molar-refractivity contribution in [2.24, 2.45) is 7.05 Å². The molecular weight excluding hydrogens is 306 g/mol. The van der Waals surface area contributed by atoms with Crippen molar-refractivity contribution >= 4 is 16.8 Å². The number of benzene rings is 1. The van der Waals surface area contributed by atoms with Crippen molar-refractivity contribution in [2.75, 3.05) is 0 Å². The van der Waals surface area contributed by atoms with Gasteiger partial charge in [0, 0.05) is 24.5 Å². The summed E-state index contributed by atoms with van der Waals surface area (Å²) in [4.78, 5) is 24.1. The molecule has 1 aliphatic rings. The Bertz CT molecular complexity index is 988. The lowest BCUT2D eigenvalue weighted by Crippen LogP contribution is -2.39. The summed E-state index contributed by atoms with van der Waals surface area (Å²) < 4.78 is 1.71. The number of carbonyl (C=O) groups excluding carboxylic acids is 1. The van der Waals surface area contributed by atoms with Crippen molar-refractivity contribution in [3.63, 3.8) is 0 Å². The van der Waals surface area contributed by atoms with Crippen molar-refractivity contribution in [3.05, 3.63) is 57.6 Å². The fourth-order valence-corrected chi connectivity index (χ4v) is 3.30. The molecule has 0 fully saturated rings. The maximum atomic E-state index is 12.6. The molecule has 0 bridgehead atoms. The Balaban J connectivity index is 1.57. The molecule has 0 saturated carbocycles. The third kappa shape index (κ3) is 2.47. The first-order chi connectivity index (χ1) is 11.6. The van der Waals surface area contributed by atoms with E-state index in [2.05, 4.69) is 20.6 Å². The third-order valence-electron chi connectivity index (χ3n) is 4.48. The first-order valence-electron chi connectivity index (χ1n) is 7.92. The number of hydrogen-bond acceptors (Lipinski definition) is 4. The zero-order valence-electron chi connectivity index (χ0n) is 13.2. The molecule has 0 spiro atoms. The minimum absolute atomic E-state index is 0.0191. The molecule has 7 heteroatoms. The van der Waals surface area contributed by atoms with Crippen LogP contribution in [0.5, 0.6) is 0 Å².